The van der Waals surface area contributed by atoms with Gasteiger partial charge in [0.25, 0.3) is 0 Å². The van der Waals surface area contributed by atoms with Gasteiger partial charge in [-0.25, -0.2) is 0 Å². The third-order valence-corrected chi connectivity index (χ3v) is 16.6. The fraction of sp³-hybridized carbons (Fsp3) is 0.238. The van der Waals surface area contributed by atoms with Gasteiger partial charge in [-0.3, -0.25) is 0 Å². The number of hydrogen-bond acceptors (Lipinski definition) is 3. The molecule has 68 heavy (non-hydrogen) atoms. The second kappa shape index (κ2) is 13.2. The smallest absolute Gasteiger partial charge is 0.197 e. The van der Waals surface area contributed by atoms with Crippen molar-refractivity contribution in [1.29, 1.82) is 0 Å². The Morgan fingerprint density at radius 1 is 0.529 bits per heavy atom. The van der Waals surface area contributed by atoms with Crippen LogP contribution < -0.4 is 16.2 Å². The summed E-state index contributed by atoms with van der Waals surface area (Å²) >= 11 is 0. The lowest BCUT2D eigenvalue weighted by molar-refractivity contribution is 0.332. The second-order valence-electron chi connectivity index (χ2n) is 23.1. The number of benzene rings is 8. The molecule has 4 nitrogen and oxygen atoms in total. The fourth-order valence-electron chi connectivity index (χ4n) is 12.7. The van der Waals surface area contributed by atoms with Gasteiger partial charge in [-0.1, -0.05) is 141 Å². The van der Waals surface area contributed by atoms with E-state index in [1.807, 2.05) is 0 Å². The van der Waals surface area contributed by atoms with Gasteiger partial charge in [0.1, 0.15) is 22.3 Å². The molecule has 0 amide bonds. The Morgan fingerprint density at radius 2 is 1.24 bits per heavy atom. The summed E-state index contributed by atoms with van der Waals surface area (Å²) in [5, 5.41) is 11.0. The van der Waals surface area contributed by atoms with Crippen molar-refractivity contribution >= 4 is 95.3 Å². The first-order valence-electron chi connectivity index (χ1n) is 24.5. The van der Waals surface area contributed by atoms with E-state index >= 15 is 0 Å². The third-order valence-electron chi connectivity index (χ3n) is 16.6. The van der Waals surface area contributed by atoms with Crippen molar-refractivity contribution < 1.29 is 8.83 Å². The Labute approximate surface area is 398 Å². The van der Waals surface area contributed by atoms with Crippen molar-refractivity contribution in [2.75, 3.05) is 5.32 Å². The summed E-state index contributed by atoms with van der Waals surface area (Å²) < 4.78 is 16.1. The fourth-order valence-corrected chi connectivity index (χ4v) is 12.7. The van der Waals surface area contributed by atoms with Crippen LogP contribution in [0, 0.1) is 0 Å². The van der Waals surface area contributed by atoms with Crippen molar-refractivity contribution in [3.8, 4) is 27.9 Å². The number of furan rings is 2. The van der Waals surface area contributed by atoms with Crippen LogP contribution in [-0.2, 0) is 21.7 Å². The molecule has 331 valence electrons. The maximum atomic E-state index is 6.95. The normalized spacial score (nSPS) is 16.4. The molecule has 0 saturated heterocycles. The number of fused-ring (bicyclic) bond motifs is 16. The molecule has 0 unspecified atom stereocenters. The van der Waals surface area contributed by atoms with Gasteiger partial charge in [-0.05, 0) is 134 Å². The first kappa shape index (κ1) is 40.1. The minimum absolute atomic E-state index is 0.0499. The highest BCUT2D eigenvalue weighted by Gasteiger charge is 2.40. The predicted molar refractivity (Wildman–Crippen MR) is 287 cm³/mol. The van der Waals surface area contributed by atoms with Crippen LogP contribution in [0.25, 0.3) is 93.6 Å². The Hall–Kier alpha value is -6.98. The van der Waals surface area contributed by atoms with E-state index < -0.39 is 0 Å². The van der Waals surface area contributed by atoms with Crippen LogP contribution >= 0.6 is 0 Å². The van der Waals surface area contributed by atoms with E-state index in [0.717, 1.165) is 62.9 Å². The molecular weight excluding hydrogens is 828 g/mol. The molecule has 0 spiro atoms. The molecule has 5 heteroatoms. The first-order valence-corrected chi connectivity index (χ1v) is 24.5. The minimum atomic E-state index is -0.138. The van der Waals surface area contributed by atoms with E-state index in [9.17, 15) is 0 Å². The van der Waals surface area contributed by atoms with E-state index in [2.05, 4.69) is 213 Å². The van der Waals surface area contributed by atoms with Gasteiger partial charge in [-0.2, -0.15) is 0 Å². The highest BCUT2D eigenvalue weighted by molar-refractivity contribution is 6.73. The van der Waals surface area contributed by atoms with Gasteiger partial charge in [0.2, 0.25) is 0 Å². The molecule has 0 bridgehead atoms. The number of nitrogens with one attached hydrogen (secondary N) is 1. The van der Waals surface area contributed by atoms with Gasteiger partial charge in [0.05, 0.1) is 11.2 Å². The molecule has 1 radical (unpaired) electrons. The lowest BCUT2D eigenvalue weighted by Crippen LogP contribution is -2.38. The van der Waals surface area contributed by atoms with Gasteiger partial charge < -0.3 is 18.7 Å². The van der Waals surface area contributed by atoms with Crippen LogP contribution in [0.3, 0.4) is 0 Å². The van der Waals surface area contributed by atoms with E-state index in [1.165, 1.54) is 93.7 Å². The molecule has 8 aromatic carbocycles. The summed E-state index contributed by atoms with van der Waals surface area (Å²) in [6.45, 7) is 21.2. The largest absolute Gasteiger partial charge is 0.456 e. The maximum absolute atomic E-state index is 6.95. The standard InChI is InChI=1S/C63H54BN2O2/c1-60(2,3)34-18-20-35(21-19-34)65-49-33-55-42(43-29-46-47(32-54(43)68-55)62(6,7)27-26-61(46,4)5)28-41(49)37-22-23-39-56-50(24-25-53-57(56)38-15-11-13-17-52(38)67-53)66-51-30-40-36-14-10-12-16-44(36)63(8,9)45(40)31-48(51)64-58(37)59(39)66/h10-25,28-33,65H,26-27H2,1-9H3. The zero-order valence-corrected chi connectivity index (χ0v) is 40.5. The SMILES string of the molecule is CC(C)(C)c1ccc(Nc2cc3oc4cc5c(cc4c3cc2-c2ccc3c4c6c(ccc4n4c3c2[B]c2cc3c(cc2-4)-c2ccccc2C3(C)C)oc2ccccc26)C(C)(C)CCC5(C)C)cc1. The Balaban J connectivity index is 1.07. The van der Waals surface area contributed by atoms with Gasteiger partial charge in [0.15, 0.2) is 7.28 Å². The molecule has 2 aliphatic carbocycles. The van der Waals surface area contributed by atoms with E-state index in [1.54, 1.807) is 0 Å². The van der Waals surface area contributed by atoms with Crippen molar-refractivity contribution in [2.24, 2.45) is 0 Å². The first-order chi connectivity index (χ1) is 32.5. The van der Waals surface area contributed by atoms with Gasteiger partial charge in [0, 0.05) is 66.3 Å². The number of para-hydroxylation sites is 1. The minimum Gasteiger partial charge on any atom is -0.456 e. The van der Waals surface area contributed by atoms with Crippen LogP contribution in [0.5, 0.6) is 0 Å². The predicted octanol–water partition coefficient (Wildman–Crippen LogP) is 15.9. The molecule has 11 aromatic rings. The lowest BCUT2D eigenvalue weighted by Gasteiger charge is -2.41. The number of nitrogens with zero attached hydrogens (tertiary/aromatic N) is 1. The number of rotatable bonds is 3. The van der Waals surface area contributed by atoms with Crippen LogP contribution in [0.2, 0.25) is 0 Å². The molecule has 4 heterocycles. The molecule has 0 fully saturated rings. The molecule has 1 aliphatic heterocycles. The Kier molecular flexibility index (Phi) is 7.77. The molecular formula is C63H54BN2O2. The van der Waals surface area contributed by atoms with E-state index in [0.29, 0.717) is 0 Å². The topological polar surface area (TPSA) is 43.2 Å². The van der Waals surface area contributed by atoms with Crippen molar-refractivity contribution in [2.45, 2.75) is 96.8 Å². The van der Waals surface area contributed by atoms with Crippen molar-refractivity contribution in [3.63, 3.8) is 0 Å². The van der Waals surface area contributed by atoms with Crippen LogP contribution in [-0.4, -0.2) is 11.8 Å². The zero-order chi connectivity index (χ0) is 46.4. The highest BCUT2D eigenvalue weighted by atomic mass is 16.3. The molecule has 1 N–H and O–H groups in total. The van der Waals surface area contributed by atoms with E-state index in [-0.39, 0.29) is 21.7 Å². The van der Waals surface area contributed by atoms with Gasteiger partial charge >= 0.3 is 0 Å². The maximum Gasteiger partial charge on any atom is 0.197 e. The lowest BCUT2D eigenvalue weighted by atomic mass is 9.58. The summed E-state index contributed by atoms with van der Waals surface area (Å²) in [4.78, 5) is 0. The highest BCUT2D eigenvalue weighted by Crippen LogP contribution is 2.52. The van der Waals surface area contributed by atoms with E-state index in [4.69, 9.17) is 8.83 Å². The summed E-state index contributed by atoms with van der Waals surface area (Å²) in [5.41, 5.74) is 23.6. The summed E-state index contributed by atoms with van der Waals surface area (Å²) in [6, 6.07) is 50.1. The van der Waals surface area contributed by atoms with Crippen LogP contribution in [0.1, 0.15) is 103 Å². The average molecular weight is 882 g/mol. The molecule has 14 rings (SSSR count). The molecule has 3 aliphatic rings. The summed E-state index contributed by atoms with van der Waals surface area (Å²) in [6.07, 6.45) is 2.31. The van der Waals surface area contributed by atoms with Gasteiger partial charge in [-0.15, -0.1) is 0 Å². The zero-order valence-electron chi connectivity index (χ0n) is 40.5. The number of hydrogen-bond donors (Lipinski definition) is 1. The van der Waals surface area contributed by atoms with Crippen LogP contribution in [0.4, 0.5) is 11.4 Å². The summed E-state index contributed by atoms with van der Waals surface area (Å²) in [7, 11) is 2.48. The molecule has 0 atom stereocenters. The van der Waals surface area contributed by atoms with Crippen LogP contribution in [0.15, 0.2) is 142 Å². The number of anilines is 2. The number of aromatic nitrogens is 1. The molecule has 0 saturated carbocycles. The quantitative estimate of drug-likeness (QED) is 0.180. The van der Waals surface area contributed by atoms with Crippen molar-refractivity contribution in [3.05, 3.63) is 161 Å². The molecule has 3 aromatic heterocycles. The Bertz CT molecular complexity index is 4030. The monoisotopic (exact) mass is 881 g/mol. The average Bonchev–Trinajstić information content (AvgIpc) is 4.03. The second-order valence-corrected chi connectivity index (χ2v) is 23.1. The third kappa shape index (κ3) is 5.39. The Morgan fingerprint density at radius 3 is 2.03 bits per heavy atom. The summed E-state index contributed by atoms with van der Waals surface area (Å²) in [5.74, 6) is 0. The van der Waals surface area contributed by atoms with Crippen molar-refractivity contribution in [1.82, 2.24) is 4.57 Å².